The van der Waals surface area contributed by atoms with Gasteiger partial charge >= 0.3 is 11.9 Å². The second-order valence-electron chi connectivity index (χ2n) is 12.3. The summed E-state index contributed by atoms with van der Waals surface area (Å²) in [6.45, 7) is 5.64. The van der Waals surface area contributed by atoms with Crippen LogP contribution < -0.4 is 20.1 Å². The first-order valence-corrected chi connectivity index (χ1v) is 16.8. The van der Waals surface area contributed by atoms with Gasteiger partial charge in [0, 0.05) is 37.1 Å². The van der Waals surface area contributed by atoms with Crippen LogP contribution in [0.2, 0.25) is 0 Å². The lowest BCUT2D eigenvalue weighted by molar-refractivity contribution is -0.138. The summed E-state index contributed by atoms with van der Waals surface area (Å²) in [5, 5.41) is 24.0. The number of carbonyl (C=O) groups is 2. The normalized spacial score (nSPS) is 11.1. The molecule has 0 heterocycles. The monoisotopic (exact) mass is 688 g/mol. The lowest BCUT2D eigenvalue weighted by Crippen LogP contribution is -2.16. The Morgan fingerprint density at radius 1 is 0.620 bits per heavy atom. The second-order valence-corrected chi connectivity index (χ2v) is 12.3. The quantitative estimate of drug-likeness (QED) is 0.0728. The van der Waals surface area contributed by atoms with Crippen LogP contribution >= 0.6 is 0 Å². The minimum atomic E-state index is -0.828. The molecule has 0 amide bonds. The van der Waals surface area contributed by atoms with Gasteiger partial charge in [-0.3, -0.25) is 9.59 Å². The van der Waals surface area contributed by atoms with Crippen molar-refractivity contribution in [2.24, 2.45) is 0 Å². The van der Waals surface area contributed by atoms with E-state index >= 15 is 8.78 Å². The van der Waals surface area contributed by atoms with Crippen LogP contribution in [-0.4, -0.2) is 49.5 Å². The van der Waals surface area contributed by atoms with Crippen LogP contribution in [-0.2, 0) is 22.7 Å². The number of aliphatic carboxylic acids is 2. The number of halogens is 2. The Balaban J connectivity index is 1.58. The first kappa shape index (κ1) is 38.0. The molecule has 0 aromatic heterocycles. The maximum absolute atomic E-state index is 15.5. The predicted molar refractivity (Wildman–Crippen MR) is 192 cm³/mol. The Bertz CT molecular complexity index is 1680. The fourth-order valence-corrected chi connectivity index (χ4v) is 6.20. The van der Waals surface area contributed by atoms with Crippen molar-refractivity contribution in [1.29, 1.82) is 0 Å². The third kappa shape index (κ3) is 9.67. The van der Waals surface area contributed by atoms with E-state index in [1.165, 1.54) is 26.4 Å². The van der Waals surface area contributed by atoms with Gasteiger partial charge < -0.3 is 30.3 Å². The largest absolute Gasteiger partial charge is 0.496 e. The molecule has 4 aromatic rings. The Morgan fingerprint density at radius 3 is 1.36 bits per heavy atom. The van der Waals surface area contributed by atoms with Gasteiger partial charge in [0.15, 0.2) is 0 Å². The van der Waals surface area contributed by atoms with Crippen molar-refractivity contribution in [2.45, 2.75) is 65.5 Å². The molecule has 50 heavy (non-hydrogen) atoms. The van der Waals surface area contributed by atoms with E-state index in [1.54, 1.807) is 0 Å². The van der Waals surface area contributed by atoms with E-state index in [1.807, 2.05) is 62.4 Å². The van der Waals surface area contributed by atoms with Gasteiger partial charge in [0.05, 0.1) is 14.2 Å². The first-order chi connectivity index (χ1) is 24.0. The van der Waals surface area contributed by atoms with Crippen molar-refractivity contribution in [3.05, 3.63) is 94.6 Å². The minimum absolute atomic E-state index is 0.107. The number of hydrogen-bond acceptors (Lipinski definition) is 6. The highest BCUT2D eigenvalue weighted by molar-refractivity contribution is 5.84. The Hall–Kier alpha value is -4.80. The van der Waals surface area contributed by atoms with Crippen LogP contribution in [0.4, 0.5) is 8.78 Å². The molecule has 0 saturated carbocycles. The highest BCUT2D eigenvalue weighted by Crippen LogP contribution is 2.39. The van der Waals surface area contributed by atoms with Crippen molar-refractivity contribution in [3.8, 4) is 44.9 Å². The summed E-state index contributed by atoms with van der Waals surface area (Å²) < 4.78 is 42.3. The Labute approximate surface area is 292 Å². The lowest BCUT2D eigenvalue weighted by Gasteiger charge is -2.19. The van der Waals surface area contributed by atoms with Crippen LogP contribution in [0.15, 0.2) is 60.7 Å². The molecule has 0 radical (unpaired) electrons. The molecule has 0 aliphatic carbocycles. The van der Waals surface area contributed by atoms with Gasteiger partial charge in [0.2, 0.25) is 0 Å². The summed E-state index contributed by atoms with van der Waals surface area (Å²) in [5.41, 5.74) is 7.70. The fourth-order valence-electron chi connectivity index (χ4n) is 6.20. The summed E-state index contributed by atoms with van der Waals surface area (Å²) >= 11 is 0. The average molecular weight is 689 g/mol. The molecule has 0 fully saturated rings. The number of unbranched alkanes of at least 4 members (excludes halogenated alkanes) is 2. The molecular formula is C40H46F2N2O6. The lowest BCUT2D eigenvalue weighted by atomic mass is 9.87. The fraction of sp³-hybridized carbons (Fsp3) is 0.350. The zero-order valence-electron chi connectivity index (χ0n) is 29.1. The van der Waals surface area contributed by atoms with Crippen molar-refractivity contribution in [1.82, 2.24) is 10.6 Å². The van der Waals surface area contributed by atoms with Crippen LogP contribution in [0.5, 0.6) is 11.5 Å². The number of ether oxygens (including phenoxy) is 2. The summed E-state index contributed by atoms with van der Waals surface area (Å²) in [6.07, 6.45) is 2.66. The molecule has 8 nitrogen and oxygen atoms in total. The van der Waals surface area contributed by atoms with Gasteiger partial charge in [-0.05, 0) is 121 Å². The highest BCUT2D eigenvalue weighted by Gasteiger charge is 2.19. The third-order valence-electron chi connectivity index (χ3n) is 8.92. The zero-order valence-corrected chi connectivity index (χ0v) is 29.1. The second kappa shape index (κ2) is 18.3. The van der Waals surface area contributed by atoms with Crippen LogP contribution in [0.3, 0.4) is 0 Å². The van der Waals surface area contributed by atoms with Gasteiger partial charge in [-0.1, -0.05) is 36.4 Å². The maximum atomic E-state index is 15.5. The number of hydrogen-bond donors (Lipinski definition) is 4. The molecule has 266 valence electrons. The van der Waals surface area contributed by atoms with Gasteiger partial charge in [0.25, 0.3) is 0 Å². The minimum Gasteiger partial charge on any atom is -0.496 e. The molecule has 10 heteroatoms. The predicted octanol–water partition coefficient (Wildman–Crippen LogP) is 8.29. The average Bonchev–Trinajstić information content (AvgIpc) is 3.08. The standard InChI is InChI=1S/C40H46F2N2O6/c1-25-29(27-19-35(41)33(37(21-27)49-3)23-43-17-7-5-15-39(45)46)11-9-13-31(25)32-14-10-12-30(26(32)2)28-20-36(42)34(38(22-28)50-4)24-44-18-8-6-16-40(47)48/h9-14,19-22,43-44H,5-8,15-18,23-24H2,1-4H3,(H,45,46)(H,47,48). The van der Waals surface area contributed by atoms with Crippen LogP contribution in [0.25, 0.3) is 33.4 Å². The summed E-state index contributed by atoms with van der Waals surface area (Å²) in [7, 11) is 3.03. The number of benzene rings is 4. The zero-order chi connectivity index (χ0) is 36.2. The number of methoxy groups -OCH3 is 2. The number of nitrogens with one attached hydrogen (secondary N) is 2. The van der Waals surface area contributed by atoms with Crippen LogP contribution in [0, 0.1) is 25.5 Å². The molecule has 4 rings (SSSR count). The maximum Gasteiger partial charge on any atom is 0.303 e. The van der Waals surface area contributed by atoms with E-state index in [-0.39, 0.29) is 25.9 Å². The topological polar surface area (TPSA) is 117 Å². The van der Waals surface area contributed by atoms with E-state index in [9.17, 15) is 9.59 Å². The van der Waals surface area contributed by atoms with Crippen LogP contribution in [0.1, 0.15) is 60.8 Å². The SMILES string of the molecule is COc1cc(-c2cccc(-c3cccc(-c4cc(F)c(CNCCCCC(=O)O)c(OC)c4)c3C)c2C)cc(F)c1CNCCCCC(=O)O. The third-order valence-corrected chi connectivity index (χ3v) is 8.92. The van der Waals surface area contributed by atoms with Crippen molar-refractivity contribution in [2.75, 3.05) is 27.3 Å². The smallest absolute Gasteiger partial charge is 0.303 e. The van der Waals surface area contributed by atoms with Crippen molar-refractivity contribution in [3.63, 3.8) is 0 Å². The van der Waals surface area contributed by atoms with Gasteiger partial charge in [-0.2, -0.15) is 0 Å². The summed E-state index contributed by atoms with van der Waals surface area (Å²) in [6, 6.07) is 18.5. The van der Waals surface area contributed by atoms with Crippen molar-refractivity contribution >= 4 is 11.9 Å². The van der Waals surface area contributed by atoms with E-state index in [2.05, 4.69) is 10.6 Å². The van der Waals surface area contributed by atoms with E-state index in [0.717, 1.165) is 33.4 Å². The number of carboxylic acids is 2. The van der Waals surface area contributed by atoms with E-state index in [4.69, 9.17) is 19.7 Å². The summed E-state index contributed by atoms with van der Waals surface area (Å²) in [4.78, 5) is 21.5. The molecule has 0 unspecified atom stereocenters. The molecule has 4 N–H and O–H groups in total. The van der Waals surface area contributed by atoms with E-state index in [0.29, 0.717) is 72.5 Å². The molecule has 4 aromatic carbocycles. The molecule has 0 bridgehead atoms. The molecular weight excluding hydrogens is 642 g/mol. The van der Waals surface area contributed by atoms with Gasteiger partial charge in [-0.15, -0.1) is 0 Å². The number of rotatable bonds is 19. The molecule has 0 aliphatic heterocycles. The van der Waals surface area contributed by atoms with Gasteiger partial charge in [0.1, 0.15) is 23.1 Å². The summed E-state index contributed by atoms with van der Waals surface area (Å²) in [5.74, 6) is -1.60. The highest BCUT2D eigenvalue weighted by atomic mass is 19.1. The first-order valence-electron chi connectivity index (χ1n) is 16.8. The molecule has 0 saturated heterocycles. The molecule has 0 atom stereocenters. The molecule has 0 aliphatic rings. The number of carboxylic acid groups (broad SMARTS) is 2. The van der Waals surface area contributed by atoms with E-state index < -0.39 is 23.6 Å². The van der Waals surface area contributed by atoms with Crippen molar-refractivity contribution < 1.29 is 38.1 Å². The molecule has 0 spiro atoms. The Morgan fingerprint density at radius 2 is 1.00 bits per heavy atom. The van der Waals surface area contributed by atoms with Gasteiger partial charge in [-0.25, -0.2) is 8.78 Å². The Kier molecular flexibility index (Phi) is 13.9.